The molecular weight excluding hydrogens is 285 g/mol. The summed E-state index contributed by atoms with van der Waals surface area (Å²) in [6.07, 6.45) is 3.04. The van der Waals surface area contributed by atoms with Gasteiger partial charge in [0.05, 0.1) is 6.10 Å². The van der Waals surface area contributed by atoms with Crippen molar-refractivity contribution in [2.24, 2.45) is 0 Å². The number of hydrogen-bond acceptors (Lipinski definition) is 2. The highest BCUT2D eigenvalue weighted by Crippen LogP contribution is 2.21. The summed E-state index contributed by atoms with van der Waals surface area (Å²) < 4.78 is 20.2. The van der Waals surface area contributed by atoms with E-state index in [-0.39, 0.29) is 18.0 Å². The van der Waals surface area contributed by atoms with E-state index in [4.69, 9.17) is 4.74 Å². The van der Waals surface area contributed by atoms with Gasteiger partial charge in [-0.1, -0.05) is 22.0 Å². The van der Waals surface area contributed by atoms with Crippen LogP contribution >= 0.6 is 15.9 Å². The van der Waals surface area contributed by atoms with Gasteiger partial charge in [0.1, 0.15) is 5.82 Å². The van der Waals surface area contributed by atoms with Crippen LogP contribution < -0.4 is 5.32 Å². The van der Waals surface area contributed by atoms with Gasteiger partial charge in [-0.15, -0.1) is 0 Å². The molecule has 1 aliphatic rings. The average Bonchev–Trinajstić information content (AvgIpc) is 2.81. The zero-order valence-electron chi connectivity index (χ0n) is 9.88. The highest BCUT2D eigenvalue weighted by atomic mass is 79.9. The number of likely N-dealkylation sites (N-methyl/N-ethyl adjacent to an activating group) is 1. The second-order valence-corrected chi connectivity index (χ2v) is 5.30. The topological polar surface area (TPSA) is 21.3 Å². The van der Waals surface area contributed by atoms with E-state index in [1.807, 2.05) is 19.2 Å². The Morgan fingerprint density at radius 1 is 1.59 bits per heavy atom. The van der Waals surface area contributed by atoms with Crippen LogP contribution in [0.2, 0.25) is 0 Å². The van der Waals surface area contributed by atoms with Crippen LogP contribution in [0.3, 0.4) is 0 Å². The van der Waals surface area contributed by atoms with Crippen LogP contribution in [0, 0.1) is 5.82 Å². The van der Waals surface area contributed by atoms with Gasteiger partial charge in [-0.3, -0.25) is 0 Å². The lowest BCUT2D eigenvalue weighted by molar-refractivity contribution is 0.0806. The Morgan fingerprint density at radius 3 is 3.00 bits per heavy atom. The minimum Gasteiger partial charge on any atom is -0.377 e. The molecule has 0 aliphatic carbocycles. The molecule has 2 rings (SSSR count). The van der Waals surface area contributed by atoms with Crippen molar-refractivity contribution in [2.45, 2.75) is 31.4 Å². The third-order valence-corrected chi connectivity index (χ3v) is 3.73. The lowest BCUT2D eigenvalue weighted by Gasteiger charge is -2.22. The van der Waals surface area contributed by atoms with Gasteiger partial charge in [-0.05, 0) is 44.0 Å². The predicted octanol–water partition coefficient (Wildman–Crippen LogP) is 2.90. The molecule has 1 heterocycles. The first-order chi connectivity index (χ1) is 8.20. The Hall–Kier alpha value is -0.450. The zero-order chi connectivity index (χ0) is 12.3. The summed E-state index contributed by atoms with van der Waals surface area (Å²) in [7, 11) is 1.91. The Labute approximate surface area is 110 Å². The van der Waals surface area contributed by atoms with E-state index in [1.54, 1.807) is 0 Å². The summed E-state index contributed by atoms with van der Waals surface area (Å²) in [4.78, 5) is 0. The molecule has 0 spiro atoms. The number of ether oxygens (including phenoxy) is 1. The van der Waals surface area contributed by atoms with Gasteiger partial charge >= 0.3 is 0 Å². The Kier molecular flexibility index (Phi) is 4.54. The first kappa shape index (κ1) is 13.0. The molecule has 0 saturated carbocycles. The van der Waals surface area contributed by atoms with E-state index >= 15 is 0 Å². The highest BCUT2D eigenvalue weighted by molar-refractivity contribution is 9.10. The number of rotatable bonds is 4. The summed E-state index contributed by atoms with van der Waals surface area (Å²) in [5, 5.41) is 3.23. The summed E-state index contributed by atoms with van der Waals surface area (Å²) in [5.74, 6) is -0.155. The van der Waals surface area contributed by atoms with Crippen LogP contribution in [0.5, 0.6) is 0 Å². The monoisotopic (exact) mass is 301 g/mol. The first-order valence-corrected chi connectivity index (χ1v) is 6.73. The molecule has 2 unspecified atom stereocenters. The summed E-state index contributed by atoms with van der Waals surface area (Å²) >= 11 is 3.27. The second kappa shape index (κ2) is 5.94. The Morgan fingerprint density at radius 2 is 2.41 bits per heavy atom. The fourth-order valence-corrected chi connectivity index (χ4v) is 2.60. The largest absolute Gasteiger partial charge is 0.377 e. The van der Waals surface area contributed by atoms with Crippen molar-refractivity contribution in [1.29, 1.82) is 0 Å². The minimum atomic E-state index is -0.155. The molecule has 1 aromatic rings. The predicted molar refractivity (Wildman–Crippen MR) is 69.6 cm³/mol. The van der Waals surface area contributed by atoms with Crippen LogP contribution in [-0.2, 0) is 11.2 Å². The van der Waals surface area contributed by atoms with Crippen LogP contribution in [0.25, 0.3) is 0 Å². The molecule has 1 aliphatic heterocycles. The third-order valence-electron chi connectivity index (χ3n) is 3.24. The zero-order valence-corrected chi connectivity index (χ0v) is 11.5. The molecule has 94 valence electrons. The van der Waals surface area contributed by atoms with Crippen molar-refractivity contribution in [3.8, 4) is 0 Å². The van der Waals surface area contributed by atoms with Gasteiger partial charge in [0.2, 0.25) is 0 Å². The molecule has 0 radical (unpaired) electrons. The van der Waals surface area contributed by atoms with Crippen molar-refractivity contribution >= 4 is 15.9 Å². The van der Waals surface area contributed by atoms with Crippen LogP contribution in [-0.4, -0.2) is 25.8 Å². The van der Waals surface area contributed by atoms with Gasteiger partial charge in [0, 0.05) is 17.1 Å². The van der Waals surface area contributed by atoms with Crippen molar-refractivity contribution in [3.63, 3.8) is 0 Å². The van der Waals surface area contributed by atoms with Crippen molar-refractivity contribution < 1.29 is 9.13 Å². The quantitative estimate of drug-likeness (QED) is 0.923. The minimum absolute atomic E-state index is 0.155. The van der Waals surface area contributed by atoms with Crippen molar-refractivity contribution in [2.75, 3.05) is 13.7 Å². The summed E-state index contributed by atoms with van der Waals surface area (Å²) in [5.41, 5.74) is 0.739. The smallest absolute Gasteiger partial charge is 0.127 e. The molecule has 1 aromatic carbocycles. The molecule has 0 aromatic heterocycles. The van der Waals surface area contributed by atoms with Crippen LogP contribution in [0.15, 0.2) is 22.7 Å². The molecular formula is C13H17BrFNO. The van der Waals surface area contributed by atoms with Gasteiger partial charge in [0.15, 0.2) is 0 Å². The van der Waals surface area contributed by atoms with E-state index < -0.39 is 0 Å². The van der Waals surface area contributed by atoms with E-state index in [1.165, 1.54) is 6.07 Å². The fraction of sp³-hybridized carbons (Fsp3) is 0.538. The lowest BCUT2D eigenvalue weighted by atomic mass is 9.99. The lowest BCUT2D eigenvalue weighted by Crippen LogP contribution is -2.39. The molecule has 1 N–H and O–H groups in total. The molecule has 0 amide bonds. The van der Waals surface area contributed by atoms with Gasteiger partial charge in [-0.2, -0.15) is 0 Å². The number of benzene rings is 1. The normalized spacial score (nSPS) is 21.7. The fourth-order valence-electron chi connectivity index (χ4n) is 2.26. The van der Waals surface area contributed by atoms with Crippen LogP contribution in [0.1, 0.15) is 18.4 Å². The molecule has 17 heavy (non-hydrogen) atoms. The maximum Gasteiger partial charge on any atom is 0.127 e. The van der Waals surface area contributed by atoms with E-state index in [0.717, 1.165) is 29.5 Å². The Bertz CT molecular complexity index is 380. The maximum atomic E-state index is 13.7. The molecule has 4 heteroatoms. The molecule has 0 bridgehead atoms. The van der Waals surface area contributed by atoms with Crippen molar-refractivity contribution in [1.82, 2.24) is 5.32 Å². The standard InChI is InChI=1S/C13H17BrFNO/c1-16-12(13-3-2-6-17-13)7-9-4-5-10(14)8-11(9)15/h4-5,8,12-13,16H,2-3,6-7H2,1H3. The molecule has 1 saturated heterocycles. The highest BCUT2D eigenvalue weighted by Gasteiger charge is 2.25. The van der Waals surface area contributed by atoms with Gasteiger partial charge in [0.25, 0.3) is 0 Å². The van der Waals surface area contributed by atoms with Gasteiger partial charge < -0.3 is 10.1 Å². The number of halogens is 2. The third kappa shape index (κ3) is 3.27. The van der Waals surface area contributed by atoms with E-state index in [0.29, 0.717) is 6.42 Å². The maximum absolute atomic E-state index is 13.7. The SMILES string of the molecule is CNC(Cc1ccc(Br)cc1F)C1CCCO1. The van der Waals surface area contributed by atoms with Crippen molar-refractivity contribution in [3.05, 3.63) is 34.1 Å². The first-order valence-electron chi connectivity index (χ1n) is 5.93. The van der Waals surface area contributed by atoms with E-state index in [2.05, 4.69) is 21.2 Å². The number of nitrogens with one attached hydrogen (secondary N) is 1. The molecule has 2 nitrogen and oxygen atoms in total. The average molecular weight is 302 g/mol. The number of hydrogen-bond donors (Lipinski definition) is 1. The molecule has 2 atom stereocenters. The van der Waals surface area contributed by atoms with E-state index in [9.17, 15) is 4.39 Å². The van der Waals surface area contributed by atoms with Gasteiger partial charge in [-0.25, -0.2) is 4.39 Å². The molecule has 1 fully saturated rings. The summed E-state index contributed by atoms with van der Waals surface area (Å²) in [6.45, 7) is 0.825. The van der Waals surface area contributed by atoms with Crippen LogP contribution in [0.4, 0.5) is 4.39 Å². The second-order valence-electron chi connectivity index (χ2n) is 4.39. The summed E-state index contributed by atoms with van der Waals surface area (Å²) in [6, 6.07) is 5.41. The Balaban J connectivity index is 2.06.